The van der Waals surface area contributed by atoms with Gasteiger partial charge in [0.25, 0.3) is 0 Å². The molecule has 7 heteroatoms. The monoisotopic (exact) mass is 206 g/mol. The Morgan fingerprint density at radius 3 is 3.13 bits per heavy atom. The van der Waals surface area contributed by atoms with E-state index in [0.717, 1.165) is 24.4 Å². The number of aromatic amines is 1. The van der Waals surface area contributed by atoms with Gasteiger partial charge in [0.05, 0.1) is 12.7 Å². The first-order valence-electron chi connectivity index (χ1n) is 4.84. The van der Waals surface area contributed by atoms with Crippen molar-refractivity contribution >= 4 is 6.01 Å². The van der Waals surface area contributed by atoms with Crippen LogP contribution in [0.3, 0.4) is 0 Å². The number of hydrogen-bond donors (Lipinski definition) is 2. The Balaban J connectivity index is 1.61. The zero-order valence-electron chi connectivity index (χ0n) is 7.97. The second-order valence-corrected chi connectivity index (χ2v) is 3.53. The second-order valence-electron chi connectivity index (χ2n) is 3.53. The van der Waals surface area contributed by atoms with Gasteiger partial charge in [-0.3, -0.25) is 0 Å². The topological polar surface area (TPSA) is 92.5 Å². The summed E-state index contributed by atoms with van der Waals surface area (Å²) in [7, 11) is 0. The molecule has 15 heavy (non-hydrogen) atoms. The lowest BCUT2D eigenvalue weighted by Gasteiger charge is -1.95. The maximum atomic E-state index is 5.41. The van der Waals surface area contributed by atoms with Gasteiger partial charge in [-0.25, -0.2) is 0 Å². The number of nitrogens with zero attached hydrogens (tertiary/aromatic N) is 4. The molecule has 1 aliphatic carbocycles. The maximum Gasteiger partial charge on any atom is 0.315 e. The van der Waals surface area contributed by atoms with E-state index in [2.05, 4.69) is 30.9 Å². The number of anilines is 1. The summed E-state index contributed by atoms with van der Waals surface area (Å²) in [6.45, 7) is 0.531. The van der Waals surface area contributed by atoms with E-state index in [-0.39, 0.29) is 0 Å². The Bertz CT molecular complexity index is 432. The van der Waals surface area contributed by atoms with E-state index in [1.54, 1.807) is 6.20 Å². The van der Waals surface area contributed by atoms with Gasteiger partial charge >= 0.3 is 6.01 Å². The molecule has 2 aromatic heterocycles. The van der Waals surface area contributed by atoms with Crippen LogP contribution in [0.15, 0.2) is 10.6 Å². The van der Waals surface area contributed by atoms with Crippen LogP contribution in [-0.2, 0) is 6.54 Å². The normalized spacial score (nSPS) is 15.5. The summed E-state index contributed by atoms with van der Waals surface area (Å²) < 4.78 is 5.41. The Morgan fingerprint density at radius 2 is 2.40 bits per heavy atom. The molecule has 0 unspecified atom stereocenters. The van der Waals surface area contributed by atoms with Crippen LogP contribution in [0.1, 0.15) is 30.3 Å². The highest BCUT2D eigenvalue weighted by Crippen LogP contribution is 2.39. The molecule has 0 amide bonds. The van der Waals surface area contributed by atoms with Crippen LogP contribution < -0.4 is 5.32 Å². The molecule has 0 aromatic carbocycles. The largest absolute Gasteiger partial charge is 0.408 e. The van der Waals surface area contributed by atoms with Crippen molar-refractivity contribution in [2.75, 3.05) is 5.32 Å². The number of nitrogens with one attached hydrogen (secondary N) is 2. The van der Waals surface area contributed by atoms with Gasteiger partial charge in [0.2, 0.25) is 5.89 Å². The number of hydrogen-bond acceptors (Lipinski definition) is 6. The first-order chi connectivity index (χ1) is 7.42. The lowest BCUT2D eigenvalue weighted by molar-refractivity contribution is 0.506. The lowest BCUT2D eigenvalue weighted by atomic mass is 10.4. The van der Waals surface area contributed by atoms with Gasteiger partial charge in [-0.1, -0.05) is 5.10 Å². The summed E-state index contributed by atoms with van der Waals surface area (Å²) in [5, 5.41) is 21.0. The first-order valence-corrected chi connectivity index (χ1v) is 4.84. The summed E-state index contributed by atoms with van der Waals surface area (Å²) in [6.07, 6.45) is 3.96. The van der Waals surface area contributed by atoms with Gasteiger partial charge in [-0.15, -0.1) is 5.10 Å². The van der Waals surface area contributed by atoms with E-state index < -0.39 is 0 Å². The van der Waals surface area contributed by atoms with Crippen LogP contribution in [0.2, 0.25) is 0 Å². The van der Waals surface area contributed by atoms with Gasteiger partial charge in [-0.2, -0.15) is 15.4 Å². The molecular weight excluding hydrogens is 196 g/mol. The molecule has 3 rings (SSSR count). The van der Waals surface area contributed by atoms with Crippen LogP contribution in [0.5, 0.6) is 0 Å². The Labute approximate surface area is 85.3 Å². The minimum absolute atomic E-state index is 0.444. The molecule has 2 heterocycles. The zero-order chi connectivity index (χ0) is 10.1. The molecule has 0 saturated heterocycles. The van der Waals surface area contributed by atoms with Gasteiger partial charge in [0, 0.05) is 5.92 Å². The Hall–Kier alpha value is -1.92. The molecule has 2 aromatic rings. The number of rotatable bonds is 4. The summed E-state index contributed by atoms with van der Waals surface area (Å²) >= 11 is 0. The average Bonchev–Trinajstić information content (AvgIpc) is 2.82. The average molecular weight is 206 g/mol. The third-order valence-electron chi connectivity index (χ3n) is 2.25. The summed E-state index contributed by atoms with van der Waals surface area (Å²) in [5.41, 5.74) is 0.807. The third-order valence-corrected chi connectivity index (χ3v) is 2.25. The number of aromatic nitrogens is 5. The van der Waals surface area contributed by atoms with E-state index in [9.17, 15) is 0 Å². The fourth-order valence-electron chi connectivity index (χ4n) is 1.28. The molecular formula is C8H10N6O. The zero-order valence-corrected chi connectivity index (χ0v) is 7.97. The molecule has 1 aliphatic rings. The van der Waals surface area contributed by atoms with Crippen molar-refractivity contribution in [3.8, 4) is 0 Å². The van der Waals surface area contributed by atoms with Gasteiger partial charge in [0.1, 0.15) is 5.69 Å². The van der Waals surface area contributed by atoms with Crippen molar-refractivity contribution in [3.05, 3.63) is 17.8 Å². The lowest BCUT2D eigenvalue weighted by Crippen LogP contribution is -1.99. The van der Waals surface area contributed by atoms with Gasteiger partial charge in [0.15, 0.2) is 0 Å². The highest BCUT2D eigenvalue weighted by atomic mass is 16.4. The summed E-state index contributed by atoms with van der Waals surface area (Å²) in [4.78, 5) is 0. The van der Waals surface area contributed by atoms with Crippen molar-refractivity contribution in [1.29, 1.82) is 0 Å². The highest BCUT2D eigenvalue weighted by molar-refractivity contribution is 5.19. The molecule has 1 fully saturated rings. The minimum Gasteiger partial charge on any atom is -0.408 e. The van der Waals surface area contributed by atoms with E-state index in [4.69, 9.17) is 4.42 Å². The van der Waals surface area contributed by atoms with Crippen LogP contribution in [0.25, 0.3) is 0 Å². The second kappa shape index (κ2) is 3.34. The van der Waals surface area contributed by atoms with Crippen molar-refractivity contribution in [3.63, 3.8) is 0 Å². The summed E-state index contributed by atoms with van der Waals surface area (Å²) in [5.74, 6) is 1.22. The molecule has 1 saturated carbocycles. The van der Waals surface area contributed by atoms with Crippen molar-refractivity contribution < 1.29 is 4.42 Å². The highest BCUT2D eigenvalue weighted by Gasteiger charge is 2.29. The predicted octanol–water partition coefficient (Wildman–Crippen LogP) is 0.677. The molecule has 78 valence electrons. The molecule has 0 atom stereocenters. The molecule has 7 nitrogen and oxygen atoms in total. The first kappa shape index (κ1) is 8.39. The van der Waals surface area contributed by atoms with E-state index in [0.29, 0.717) is 18.5 Å². The quantitative estimate of drug-likeness (QED) is 0.764. The van der Waals surface area contributed by atoms with Crippen molar-refractivity contribution in [1.82, 2.24) is 25.6 Å². The number of H-pyrrole nitrogens is 1. The fourth-order valence-corrected chi connectivity index (χ4v) is 1.28. The Kier molecular flexibility index (Phi) is 1.87. The standard InChI is InChI=1S/C8H10N6O/c1-2-5(1)7-12-13-8(15-7)9-3-6-4-10-14-11-6/h4-5H,1-3H2,(H,9,13)(H,10,11,14). The van der Waals surface area contributed by atoms with Crippen LogP contribution in [-0.4, -0.2) is 25.6 Å². The fraction of sp³-hybridized carbons (Fsp3) is 0.500. The van der Waals surface area contributed by atoms with Crippen molar-refractivity contribution in [2.24, 2.45) is 0 Å². The molecule has 0 spiro atoms. The Morgan fingerprint density at radius 1 is 1.47 bits per heavy atom. The van der Waals surface area contributed by atoms with Gasteiger partial charge in [-0.05, 0) is 12.8 Å². The molecule has 0 aliphatic heterocycles. The maximum absolute atomic E-state index is 5.41. The minimum atomic E-state index is 0.444. The predicted molar refractivity (Wildman–Crippen MR) is 50.0 cm³/mol. The van der Waals surface area contributed by atoms with Gasteiger partial charge < -0.3 is 9.73 Å². The SMILES string of the molecule is c1n[nH]nc1CNc1nnc(C2CC2)o1. The van der Waals surface area contributed by atoms with E-state index in [1.165, 1.54) is 0 Å². The third kappa shape index (κ3) is 1.80. The smallest absolute Gasteiger partial charge is 0.315 e. The molecule has 0 radical (unpaired) electrons. The summed E-state index contributed by atoms with van der Waals surface area (Å²) in [6, 6.07) is 0.444. The van der Waals surface area contributed by atoms with Crippen LogP contribution in [0, 0.1) is 0 Å². The van der Waals surface area contributed by atoms with Crippen LogP contribution in [0.4, 0.5) is 6.01 Å². The molecule has 2 N–H and O–H groups in total. The molecule has 0 bridgehead atoms. The van der Waals surface area contributed by atoms with Crippen molar-refractivity contribution in [2.45, 2.75) is 25.3 Å². The van der Waals surface area contributed by atoms with E-state index in [1.807, 2.05) is 0 Å². The van der Waals surface area contributed by atoms with E-state index >= 15 is 0 Å². The van der Waals surface area contributed by atoms with Crippen LogP contribution >= 0.6 is 0 Å².